The molecule has 1 N–H and O–H groups in total. The number of aliphatic hydroxyl groups excluding tert-OH is 1. The standard InChI is InChI=1S/C13H20FNO/c1-4-9-15(5-2)13-11(10(3)16)7-6-8-12(13)14/h6-8,10,16H,4-5,9H2,1-3H3/t10-/m0/s1. The Morgan fingerprint density at radius 1 is 1.38 bits per heavy atom. The van der Waals surface area contributed by atoms with Crippen molar-refractivity contribution in [2.75, 3.05) is 18.0 Å². The lowest BCUT2D eigenvalue weighted by Gasteiger charge is -2.26. The fourth-order valence-electron chi connectivity index (χ4n) is 1.90. The van der Waals surface area contributed by atoms with Crippen LogP contribution in [-0.4, -0.2) is 18.2 Å². The van der Waals surface area contributed by atoms with Crippen LogP contribution >= 0.6 is 0 Å². The van der Waals surface area contributed by atoms with Gasteiger partial charge in [0.1, 0.15) is 5.82 Å². The smallest absolute Gasteiger partial charge is 0.146 e. The van der Waals surface area contributed by atoms with Crippen molar-refractivity contribution in [3.8, 4) is 0 Å². The number of nitrogens with zero attached hydrogens (tertiary/aromatic N) is 1. The van der Waals surface area contributed by atoms with Crippen molar-refractivity contribution < 1.29 is 9.50 Å². The van der Waals surface area contributed by atoms with Gasteiger partial charge in [-0.3, -0.25) is 0 Å². The monoisotopic (exact) mass is 225 g/mol. The molecule has 0 heterocycles. The molecule has 0 radical (unpaired) electrons. The van der Waals surface area contributed by atoms with Crippen LogP contribution in [0.15, 0.2) is 18.2 Å². The first-order valence-corrected chi connectivity index (χ1v) is 5.83. The Morgan fingerprint density at radius 2 is 2.06 bits per heavy atom. The minimum atomic E-state index is -0.642. The molecule has 16 heavy (non-hydrogen) atoms. The summed E-state index contributed by atoms with van der Waals surface area (Å²) >= 11 is 0. The van der Waals surface area contributed by atoms with Crippen molar-refractivity contribution in [1.29, 1.82) is 0 Å². The van der Waals surface area contributed by atoms with Crippen LogP contribution in [0.1, 0.15) is 38.9 Å². The molecule has 1 atom stereocenters. The summed E-state index contributed by atoms with van der Waals surface area (Å²) in [5, 5.41) is 9.65. The molecule has 1 aromatic rings. The van der Waals surface area contributed by atoms with E-state index in [1.54, 1.807) is 19.1 Å². The molecule has 3 heteroatoms. The summed E-state index contributed by atoms with van der Waals surface area (Å²) in [4.78, 5) is 1.97. The van der Waals surface area contributed by atoms with Crippen molar-refractivity contribution in [3.05, 3.63) is 29.6 Å². The summed E-state index contributed by atoms with van der Waals surface area (Å²) in [6, 6.07) is 4.86. The van der Waals surface area contributed by atoms with Crippen LogP contribution in [0.25, 0.3) is 0 Å². The van der Waals surface area contributed by atoms with E-state index in [0.29, 0.717) is 11.3 Å². The Balaban J connectivity index is 3.17. The van der Waals surface area contributed by atoms with E-state index in [-0.39, 0.29) is 5.82 Å². The van der Waals surface area contributed by atoms with Crippen LogP contribution in [0.2, 0.25) is 0 Å². The van der Waals surface area contributed by atoms with Crippen LogP contribution in [0.4, 0.5) is 10.1 Å². The minimum Gasteiger partial charge on any atom is -0.389 e. The lowest BCUT2D eigenvalue weighted by atomic mass is 10.1. The van der Waals surface area contributed by atoms with E-state index < -0.39 is 6.10 Å². The van der Waals surface area contributed by atoms with Gasteiger partial charge in [-0.1, -0.05) is 19.1 Å². The van der Waals surface area contributed by atoms with Crippen molar-refractivity contribution in [2.24, 2.45) is 0 Å². The molecule has 0 saturated heterocycles. The number of aliphatic hydroxyl groups is 1. The fourth-order valence-corrected chi connectivity index (χ4v) is 1.90. The van der Waals surface area contributed by atoms with Crippen LogP contribution in [0, 0.1) is 5.82 Å². The lowest BCUT2D eigenvalue weighted by Crippen LogP contribution is -2.26. The maximum absolute atomic E-state index is 13.8. The maximum Gasteiger partial charge on any atom is 0.146 e. The van der Waals surface area contributed by atoms with E-state index >= 15 is 0 Å². The number of halogens is 1. The Morgan fingerprint density at radius 3 is 2.56 bits per heavy atom. The Kier molecular flexibility index (Phi) is 4.74. The van der Waals surface area contributed by atoms with Crippen molar-refractivity contribution in [1.82, 2.24) is 0 Å². The van der Waals surface area contributed by atoms with Gasteiger partial charge in [0.25, 0.3) is 0 Å². The average Bonchev–Trinajstić information content (AvgIpc) is 2.26. The van der Waals surface area contributed by atoms with Crippen molar-refractivity contribution in [3.63, 3.8) is 0 Å². The molecule has 0 unspecified atom stereocenters. The predicted octanol–water partition coefficient (Wildman–Crippen LogP) is 3.12. The van der Waals surface area contributed by atoms with E-state index in [1.807, 2.05) is 11.8 Å². The molecule has 0 bridgehead atoms. The molecular weight excluding hydrogens is 205 g/mol. The molecule has 0 aliphatic rings. The second-order valence-corrected chi connectivity index (χ2v) is 3.93. The van der Waals surface area contributed by atoms with Crippen molar-refractivity contribution in [2.45, 2.75) is 33.3 Å². The van der Waals surface area contributed by atoms with E-state index in [1.165, 1.54) is 6.07 Å². The van der Waals surface area contributed by atoms with Gasteiger partial charge >= 0.3 is 0 Å². The zero-order valence-electron chi connectivity index (χ0n) is 10.2. The van der Waals surface area contributed by atoms with Crippen LogP contribution in [0.5, 0.6) is 0 Å². The van der Waals surface area contributed by atoms with Crippen molar-refractivity contribution >= 4 is 5.69 Å². The summed E-state index contributed by atoms with van der Waals surface area (Å²) in [6.45, 7) is 7.27. The van der Waals surface area contributed by atoms with Gasteiger partial charge in [0.15, 0.2) is 0 Å². The maximum atomic E-state index is 13.8. The number of hydrogen-bond acceptors (Lipinski definition) is 2. The quantitative estimate of drug-likeness (QED) is 0.832. The highest BCUT2D eigenvalue weighted by atomic mass is 19.1. The number of rotatable bonds is 5. The molecule has 0 spiro atoms. The number of hydrogen-bond donors (Lipinski definition) is 1. The molecule has 0 aromatic heterocycles. The molecule has 0 amide bonds. The first kappa shape index (κ1) is 13.0. The topological polar surface area (TPSA) is 23.5 Å². The highest BCUT2D eigenvalue weighted by Gasteiger charge is 2.16. The predicted molar refractivity (Wildman–Crippen MR) is 65.2 cm³/mol. The summed E-state index contributed by atoms with van der Waals surface area (Å²) < 4.78 is 13.8. The van der Waals surface area contributed by atoms with Gasteiger partial charge in [-0.15, -0.1) is 0 Å². The molecule has 2 nitrogen and oxygen atoms in total. The Bertz CT molecular complexity index is 339. The van der Waals surface area contributed by atoms with Crippen LogP contribution in [-0.2, 0) is 0 Å². The van der Waals surface area contributed by atoms with E-state index in [9.17, 15) is 9.50 Å². The number of anilines is 1. The molecular formula is C13H20FNO. The molecule has 0 aliphatic carbocycles. The minimum absolute atomic E-state index is 0.256. The van der Waals surface area contributed by atoms with Crippen LogP contribution in [0.3, 0.4) is 0 Å². The molecule has 1 aromatic carbocycles. The second-order valence-electron chi connectivity index (χ2n) is 3.93. The van der Waals surface area contributed by atoms with E-state index in [0.717, 1.165) is 19.5 Å². The highest BCUT2D eigenvalue weighted by molar-refractivity contribution is 5.55. The van der Waals surface area contributed by atoms with Crippen LogP contribution < -0.4 is 4.90 Å². The van der Waals surface area contributed by atoms with Gasteiger partial charge in [0, 0.05) is 18.7 Å². The fraction of sp³-hybridized carbons (Fsp3) is 0.538. The van der Waals surface area contributed by atoms with Gasteiger partial charge in [-0.2, -0.15) is 0 Å². The lowest BCUT2D eigenvalue weighted by molar-refractivity contribution is 0.199. The number of benzene rings is 1. The summed E-state index contributed by atoms with van der Waals surface area (Å²) in [5.74, 6) is -0.256. The first-order valence-electron chi connectivity index (χ1n) is 5.83. The SMILES string of the molecule is CCCN(CC)c1c(F)cccc1[C@H](C)O. The van der Waals surface area contributed by atoms with Gasteiger partial charge in [0.2, 0.25) is 0 Å². The Hall–Kier alpha value is -1.09. The summed E-state index contributed by atoms with van der Waals surface area (Å²) in [6.07, 6.45) is 0.318. The third-order valence-corrected chi connectivity index (χ3v) is 2.66. The zero-order chi connectivity index (χ0) is 12.1. The van der Waals surface area contributed by atoms with Gasteiger partial charge in [0.05, 0.1) is 11.8 Å². The highest BCUT2D eigenvalue weighted by Crippen LogP contribution is 2.29. The second kappa shape index (κ2) is 5.85. The van der Waals surface area contributed by atoms with Gasteiger partial charge in [-0.05, 0) is 26.3 Å². The summed E-state index contributed by atoms with van der Waals surface area (Å²) in [5.41, 5.74) is 1.21. The average molecular weight is 225 g/mol. The normalized spacial score (nSPS) is 12.6. The Labute approximate surface area is 96.7 Å². The zero-order valence-corrected chi connectivity index (χ0v) is 10.2. The van der Waals surface area contributed by atoms with Gasteiger partial charge < -0.3 is 10.0 Å². The molecule has 0 aliphatic heterocycles. The van der Waals surface area contributed by atoms with E-state index in [2.05, 4.69) is 6.92 Å². The molecule has 90 valence electrons. The third kappa shape index (κ3) is 2.73. The molecule has 0 saturated carbocycles. The first-order chi connectivity index (χ1) is 7.61. The number of para-hydroxylation sites is 1. The third-order valence-electron chi connectivity index (χ3n) is 2.66. The molecule has 0 fully saturated rings. The largest absolute Gasteiger partial charge is 0.389 e. The molecule has 1 rings (SSSR count). The van der Waals surface area contributed by atoms with Gasteiger partial charge in [-0.25, -0.2) is 4.39 Å². The summed E-state index contributed by atoms with van der Waals surface area (Å²) in [7, 11) is 0. The van der Waals surface area contributed by atoms with E-state index in [4.69, 9.17) is 0 Å².